The molecule has 1 saturated heterocycles. The number of thioether (sulfide) groups is 2. The zero-order valence-electron chi connectivity index (χ0n) is 19.6. The zero-order chi connectivity index (χ0) is 26.9. The van der Waals surface area contributed by atoms with Crippen molar-refractivity contribution < 1.29 is 29.3 Å². The fourth-order valence-electron chi connectivity index (χ4n) is 3.87. The first kappa shape index (κ1) is 27.0. The van der Waals surface area contributed by atoms with Crippen LogP contribution >= 0.6 is 35.7 Å². The number of rotatable bonds is 11. The average Bonchev–Trinajstić information content (AvgIpc) is 3.47. The maximum Gasteiger partial charge on any atom is 0.352 e. The van der Waals surface area contributed by atoms with E-state index in [4.69, 9.17) is 27.8 Å². The molecule has 1 fully saturated rings. The van der Waals surface area contributed by atoms with Crippen LogP contribution in [0.3, 0.4) is 0 Å². The first-order chi connectivity index (χ1) is 17.6. The Morgan fingerprint density at radius 2 is 2.24 bits per heavy atom. The van der Waals surface area contributed by atoms with Gasteiger partial charge in [0.1, 0.15) is 22.9 Å². The Hall–Kier alpha value is -3.06. The van der Waals surface area contributed by atoms with Gasteiger partial charge in [-0.15, -0.1) is 16.9 Å². The van der Waals surface area contributed by atoms with E-state index < -0.39 is 35.0 Å². The molecular formula is C19H23N9O6S3. The number of ether oxygens (including phenoxy) is 1. The molecule has 1 unspecified atom stereocenters. The molecule has 2 aromatic rings. The SMILES string of the molecule is CO[C@@]1(NC(=S)Cc2nc(CC(N)C(=O)O)c[nH]2)C(=O)N2C(C(=O)O)=C(CSc3nnnn3C)CS[C@H]21. The minimum Gasteiger partial charge on any atom is -0.480 e. The number of aromatic nitrogens is 6. The van der Waals surface area contributed by atoms with Gasteiger partial charge in [0.15, 0.2) is 0 Å². The minimum atomic E-state index is -1.55. The van der Waals surface area contributed by atoms with E-state index in [2.05, 4.69) is 30.8 Å². The summed E-state index contributed by atoms with van der Waals surface area (Å²) in [4.78, 5) is 45.1. The molecule has 2 aromatic heterocycles. The van der Waals surface area contributed by atoms with Crippen LogP contribution in [0.4, 0.5) is 0 Å². The summed E-state index contributed by atoms with van der Waals surface area (Å²) in [7, 11) is 3.02. The minimum absolute atomic E-state index is 0.0400. The summed E-state index contributed by atoms with van der Waals surface area (Å²) in [6.07, 6.45) is 1.70. The van der Waals surface area contributed by atoms with Gasteiger partial charge in [-0.3, -0.25) is 14.5 Å². The van der Waals surface area contributed by atoms with Crippen molar-refractivity contribution in [1.82, 2.24) is 40.4 Å². The molecular weight excluding hydrogens is 546 g/mol. The molecule has 0 aliphatic carbocycles. The first-order valence-corrected chi connectivity index (χ1v) is 13.1. The number of carbonyl (C=O) groups is 3. The number of carbonyl (C=O) groups excluding carboxylic acids is 1. The quantitative estimate of drug-likeness (QED) is 0.0923. The topological polar surface area (TPSA) is 214 Å². The number of thiocarbonyl (C=S) groups is 1. The molecule has 0 bridgehead atoms. The molecule has 18 heteroatoms. The summed E-state index contributed by atoms with van der Waals surface area (Å²) in [6, 6.07) is -1.09. The van der Waals surface area contributed by atoms with Crippen LogP contribution in [0.1, 0.15) is 11.5 Å². The van der Waals surface area contributed by atoms with E-state index in [1.54, 1.807) is 13.2 Å². The smallest absolute Gasteiger partial charge is 0.352 e. The number of tetrazole rings is 1. The Kier molecular flexibility index (Phi) is 7.83. The summed E-state index contributed by atoms with van der Waals surface area (Å²) < 4.78 is 7.05. The number of aromatic amines is 1. The number of aliphatic carboxylic acids is 2. The van der Waals surface area contributed by atoms with Crippen LogP contribution in [-0.2, 0) is 39.0 Å². The van der Waals surface area contributed by atoms with Crippen molar-refractivity contribution >= 4 is 58.6 Å². The molecule has 0 saturated carbocycles. The molecule has 4 heterocycles. The summed E-state index contributed by atoms with van der Waals surface area (Å²) >= 11 is 8.06. The molecule has 198 valence electrons. The third kappa shape index (κ3) is 5.19. The maximum absolute atomic E-state index is 13.3. The number of nitrogens with two attached hydrogens (primary N) is 1. The first-order valence-electron chi connectivity index (χ1n) is 10.7. The second kappa shape index (κ2) is 10.7. The molecule has 6 N–H and O–H groups in total. The van der Waals surface area contributed by atoms with Gasteiger partial charge in [-0.2, -0.15) is 0 Å². The highest BCUT2D eigenvalue weighted by atomic mass is 32.2. The number of hydrogen-bond acceptors (Lipinski definition) is 12. The third-order valence-electron chi connectivity index (χ3n) is 5.67. The van der Waals surface area contributed by atoms with E-state index in [1.165, 1.54) is 40.2 Å². The van der Waals surface area contributed by atoms with Crippen molar-refractivity contribution in [2.45, 2.75) is 35.1 Å². The van der Waals surface area contributed by atoms with Crippen LogP contribution in [-0.4, -0.2) is 104 Å². The molecule has 15 nitrogen and oxygen atoms in total. The van der Waals surface area contributed by atoms with Gasteiger partial charge in [0.25, 0.3) is 11.6 Å². The van der Waals surface area contributed by atoms with Gasteiger partial charge in [-0.25, -0.2) is 14.5 Å². The van der Waals surface area contributed by atoms with Gasteiger partial charge in [-0.05, 0) is 16.0 Å². The van der Waals surface area contributed by atoms with Gasteiger partial charge in [-0.1, -0.05) is 24.0 Å². The average molecular weight is 570 g/mol. The summed E-state index contributed by atoms with van der Waals surface area (Å²) in [6.45, 7) is 0. The number of carboxylic acids is 2. The van der Waals surface area contributed by atoms with Crippen molar-refractivity contribution in [3.05, 3.63) is 29.0 Å². The highest BCUT2D eigenvalue weighted by molar-refractivity contribution is 8.01. The lowest BCUT2D eigenvalue weighted by Gasteiger charge is -2.56. The predicted molar refractivity (Wildman–Crippen MR) is 134 cm³/mol. The fraction of sp³-hybridized carbons (Fsp3) is 0.474. The predicted octanol–water partition coefficient (Wildman–Crippen LogP) is -1.26. The van der Waals surface area contributed by atoms with Crippen LogP contribution in [0.25, 0.3) is 0 Å². The highest BCUT2D eigenvalue weighted by Gasteiger charge is 2.66. The lowest BCUT2D eigenvalue weighted by atomic mass is 9.98. The van der Waals surface area contributed by atoms with Crippen molar-refractivity contribution in [2.75, 3.05) is 18.6 Å². The number of amides is 1. The van der Waals surface area contributed by atoms with Crippen LogP contribution in [0.15, 0.2) is 22.6 Å². The van der Waals surface area contributed by atoms with Crippen molar-refractivity contribution in [3.8, 4) is 0 Å². The highest BCUT2D eigenvalue weighted by Crippen LogP contribution is 2.47. The van der Waals surface area contributed by atoms with Crippen molar-refractivity contribution in [1.29, 1.82) is 0 Å². The van der Waals surface area contributed by atoms with Crippen LogP contribution in [0.5, 0.6) is 0 Å². The normalized spacial score (nSPS) is 21.9. The lowest BCUT2D eigenvalue weighted by Crippen LogP contribution is -2.80. The number of methoxy groups -OCH3 is 1. The zero-order valence-corrected chi connectivity index (χ0v) is 22.0. The van der Waals surface area contributed by atoms with Crippen molar-refractivity contribution in [3.63, 3.8) is 0 Å². The van der Waals surface area contributed by atoms with Crippen LogP contribution < -0.4 is 11.1 Å². The Morgan fingerprint density at radius 1 is 1.49 bits per heavy atom. The Morgan fingerprint density at radius 3 is 2.86 bits per heavy atom. The number of carboxylic acid groups (broad SMARTS) is 2. The van der Waals surface area contributed by atoms with E-state index >= 15 is 0 Å². The fourth-order valence-corrected chi connectivity index (χ4v) is 6.58. The molecule has 2 aliphatic rings. The Bertz CT molecular complexity index is 1280. The third-order valence-corrected chi connectivity index (χ3v) is 8.39. The molecule has 3 atom stereocenters. The van der Waals surface area contributed by atoms with E-state index in [0.717, 1.165) is 0 Å². The molecule has 4 rings (SSSR count). The monoisotopic (exact) mass is 569 g/mol. The number of β-lactam (4-membered cyclic amide) rings is 1. The van der Waals surface area contributed by atoms with Crippen LogP contribution in [0, 0.1) is 0 Å². The van der Waals surface area contributed by atoms with Crippen LogP contribution in [0.2, 0.25) is 0 Å². The lowest BCUT2D eigenvalue weighted by molar-refractivity contribution is -0.187. The number of hydrogen-bond donors (Lipinski definition) is 5. The summed E-state index contributed by atoms with van der Waals surface area (Å²) in [5, 5.41) is 32.9. The van der Waals surface area contributed by atoms with E-state index in [0.29, 0.717) is 28.0 Å². The van der Waals surface area contributed by atoms with Gasteiger partial charge in [0.05, 0.1) is 17.1 Å². The number of nitrogens with one attached hydrogen (secondary N) is 2. The van der Waals surface area contributed by atoms with E-state index in [1.807, 2.05) is 0 Å². The number of fused-ring (bicyclic) bond motifs is 1. The van der Waals surface area contributed by atoms with Gasteiger partial charge >= 0.3 is 11.9 Å². The molecule has 0 aromatic carbocycles. The number of imidazole rings is 1. The summed E-state index contributed by atoms with van der Waals surface area (Å²) in [5.41, 5.74) is 4.93. The number of H-pyrrole nitrogens is 1. The Labute approximate surface area is 223 Å². The van der Waals surface area contributed by atoms with Gasteiger partial charge < -0.3 is 31.0 Å². The standard InChI is InChI=1S/C19H23N9O6S3/c1-27-18(24-25-26-27)37-7-8-6-36-17-19(34-2,16(33)28(17)13(8)15(31)32)23-12(35)4-11-21-5-9(22-11)3-10(20)14(29)30/h5,10,17H,3-4,6-7,20H2,1-2H3,(H,21,22)(H,23,35)(H,29,30)(H,31,32)/t10?,17-,19-/m0/s1. The second-order valence-corrected chi connectivity index (χ2v) is 10.6. The number of aryl methyl sites for hydroxylation is 1. The Balaban J connectivity index is 1.45. The van der Waals surface area contributed by atoms with Gasteiger partial charge in [0.2, 0.25) is 5.16 Å². The number of nitrogens with zero attached hydrogens (tertiary/aromatic N) is 6. The molecule has 37 heavy (non-hydrogen) atoms. The molecule has 2 aliphatic heterocycles. The van der Waals surface area contributed by atoms with E-state index in [-0.39, 0.29) is 29.3 Å². The summed E-state index contributed by atoms with van der Waals surface area (Å²) in [5.74, 6) is -1.86. The largest absolute Gasteiger partial charge is 0.480 e. The molecule has 1 amide bonds. The molecule has 0 spiro atoms. The van der Waals surface area contributed by atoms with E-state index in [9.17, 15) is 19.5 Å². The molecule has 0 radical (unpaired) electrons. The second-order valence-electron chi connectivity index (χ2n) is 8.12. The van der Waals surface area contributed by atoms with Gasteiger partial charge in [0, 0.05) is 38.3 Å². The van der Waals surface area contributed by atoms with Crippen molar-refractivity contribution in [2.24, 2.45) is 12.8 Å². The maximum atomic E-state index is 13.3.